The number of amides is 5. The lowest BCUT2D eigenvalue weighted by atomic mass is 9.88. The summed E-state index contributed by atoms with van der Waals surface area (Å²) in [5.74, 6) is -2.23. The number of benzene rings is 3. The molecule has 292 valence electrons. The third kappa shape index (κ3) is 9.61. The van der Waals surface area contributed by atoms with E-state index in [-0.39, 0.29) is 31.5 Å². The molecule has 3 aromatic rings. The zero-order valence-corrected chi connectivity index (χ0v) is 32.2. The van der Waals surface area contributed by atoms with Gasteiger partial charge in [0, 0.05) is 32.9 Å². The van der Waals surface area contributed by atoms with Gasteiger partial charge in [0.2, 0.25) is 29.5 Å². The molecule has 14 nitrogen and oxygen atoms in total. The molecule has 3 aromatic carbocycles. The predicted molar refractivity (Wildman–Crippen MR) is 203 cm³/mol. The van der Waals surface area contributed by atoms with Gasteiger partial charge in [-0.2, -0.15) is 0 Å². The van der Waals surface area contributed by atoms with Gasteiger partial charge in [-0.15, -0.1) is 0 Å². The lowest BCUT2D eigenvalue weighted by Gasteiger charge is -2.33. The summed E-state index contributed by atoms with van der Waals surface area (Å²) < 4.78 is 16.9. The third-order valence-corrected chi connectivity index (χ3v) is 10.2. The molecule has 0 aliphatic carbocycles. The Bertz CT molecular complexity index is 1920. The maximum Gasteiger partial charge on any atom is 0.245 e. The van der Waals surface area contributed by atoms with E-state index in [1.165, 1.54) is 58.9 Å². The molecule has 3 N–H and O–H groups in total. The first-order valence-corrected chi connectivity index (χ1v) is 18.2. The summed E-state index contributed by atoms with van der Waals surface area (Å²) >= 11 is 0. The fraction of sp³-hybridized carbons (Fsp3) is 0.415. The van der Waals surface area contributed by atoms with Gasteiger partial charge in [-0.25, -0.2) is 0 Å². The highest BCUT2D eigenvalue weighted by molar-refractivity contribution is 5.98. The summed E-state index contributed by atoms with van der Waals surface area (Å²) in [4.78, 5) is 86.3. The van der Waals surface area contributed by atoms with Gasteiger partial charge in [0.15, 0.2) is 17.3 Å². The zero-order valence-electron chi connectivity index (χ0n) is 32.2. The Balaban J connectivity index is 1.55. The Labute approximate surface area is 320 Å². The monoisotopic (exact) mass is 755 g/mol. The van der Waals surface area contributed by atoms with Crippen LogP contribution in [0.15, 0.2) is 66.7 Å². The smallest absolute Gasteiger partial charge is 0.245 e. The number of nitrogens with one attached hydrogen (secondary N) is 3. The van der Waals surface area contributed by atoms with Crippen molar-refractivity contribution in [3.05, 3.63) is 83.4 Å². The maximum absolute atomic E-state index is 14.4. The minimum absolute atomic E-state index is 0.0832. The Morgan fingerprint density at radius 2 is 1.25 bits per heavy atom. The van der Waals surface area contributed by atoms with Crippen molar-refractivity contribution in [2.45, 2.75) is 76.7 Å². The van der Waals surface area contributed by atoms with Crippen LogP contribution in [-0.4, -0.2) is 104 Å². The number of carbonyl (C=O) groups is 6. The fourth-order valence-corrected chi connectivity index (χ4v) is 6.84. The minimum atomic E-state index is -1.11. The predicted octanol–water partition coefficient (Wildman–Crippen LogP) is 2.59. The van der Waals surface area contributed by atoms with Gasteiger partial charge in [-0.1, -0.05) is 30.3 Å². The van der Waals surface area contributed by atoms with Crippen LogP contribution in [0.5, 0.6) is 23.0 Å². The van der Waals surface area contributed by atoms with Crippen molar-refractivity contribution in [2.75, 3.05) is 28.3 Å². The molecule has 5 amide bonds. The van der Waals surface area contributed by atoms with E-state index in [0.29, 0.717) is 34.1 Å². The number of likely N-dealkylation sites (N-methyl/N-ethyl adjacent to an activating group) is 2. The van der Waals surface area contributed by atoms with Crippen LogP contribution in [0.4, 0.5) is 0 Å². The number of hydrogen-bond donors (Lipinski definition) is 3. The van der Waals surface area contributed by atoms with Gasteiger partial charge < -0.3 is 40.0 Å². The van der Waals surface area contributed by atoms with Gasteiger partial charge in [0.1, 0.15) is 35.7 Å². The molecule has 6 atom stereocenters. The number of ether oxygens (including phenoxy) is 3. The minimum Gasteiger partial charge on any atom is -0.497 e. The highest BCUT2D eigenvalue weighted by Crippen LogP contribution is 2.34. The number of rotatable bonds is 4. The van der Waals surface area contributed by atoms with Crippen molar-refractivity contribution in [3.63, 3.8) is 0 Å². The summed E-state index contributed by atoms with van der Waals surface area (Å²) in [5, 5.41) is 8.16. The lowest BCUT2D eigenvalue weighted by molar-refractivity contribution is -0.144. The van der Waals surface area contributed by atoms with Crippen molar-refractivity contribution in [2.24, 2.45) is 5.92 Å². The zero-order chi connectivity index (χ0) is 40.0. The molecule has 3 heterocycles. The van der Waals surface area contributed by atoms with Crippen LogP contribution in [0.3, 0.4) is 0 Å². The Morgan fingerprint density at radius 3 is 1.89 bits per heavy atom. The summed E-state index contributed by atoms with van der Waals surface area (Å²) in [6.07, 6.45) is 0.0158. The summed E-state index contributed by atoms with van der Waals surface area (Å²) in [7, 11) is 6.01. The van der Waals surface area contributed by atoms with Gasteiger partial charge in [0.05, 0.1) is 20.3 Å². The summed E-state index contributed by atoms with van der Waals surface area (Å²) in [6, 6.07) is 13.9. The molecule has 0 radical (unpaired) electrons. The fourth-order valence-electron chi connectivity index (χ4n) is 6.84. The number of nitrogens with zero attached hydrogens (tertiary/aromatic N) is 2. The van der Waals surface area contributed by atoms with Crippen molar-refractivity contribution in [3.8, 4) is 23.0 Å². The van der Waals surface area contributed by atoms with Gasteiger partial charge in [-0.3, -0.25) is 28.8 Å². The SMILES string of the molecule is COc1ccc(C[C@H]2C(=O)N[C@@H](C)C(=O)N(C)C3Cc4ccc(cc4)Oc4cc(ccc4OC)C[C@H](CC3=O)C(=O)N[C@H](C)C(=O)N[C@@H](C)C(=O)N2C)cc1. The second kappa shape index (κ2) is 17.5. The molecular weight excluding hydrogens is 706 g/mol. The first-order chi connectivity index (χ1) is 26.2. The Morgan fingerprint density at radius 1 is 0.655 bits per heavy atom. The van der Waals surface area contributed by atoms with Crippen molar-refractivity contribution in [1.82, 2.24) is 25.8 Å². The number of carbonyl (C=O) groups excluding carboxylic acids is 6. The van der Waals surface area contributed by atoms with Gasteiger partial charge in [0.25, 0.3) is 0 Å². The molecule has 6 rings (SSSR count). The largest absolute Gasteiger partial charge is 0.497 e. The third-order valence-electron chi connectivity index (χ3n) is 10.2. The molecule has 0 spiro atoms. The van der Waals surface area contributed by atoms with Gasteiger partial charge >= 0.3 is 0 Å². The normalized spacial score (nSPS) is 24.5. The van der Waals surface area contributed by atoms with E-state index in [9.17, 15) is 28.8 Å². The van der Waals surface area contributed by atoms with E-state index in [1.807, 2.05) is 0 Å². The second-order valence-electron chi connectivity index (χ2n) is 14.2. The standard InChI is InChI=1S/C41H49N5O9/c1-23-37(48)43-24(2)41(52)46(5)33(20-27-8-13-30(53-6)14-9-27)39(50)44-25(3)40(51)45(4)32-19-26-10-15-31(16-11-26)55-36-21-28(12-17-35(36)54-7)18-29(22-34(32)47)38(49)42-23/h8-17,21,23-25,29,32-33H,18-20,22H2,1-7H3,(H,42,49)(H,43,48)(H,44,50)/t23-,24+,25+,29-,32?,33+/m1/s1. The number of Topliss-reactive ketones (excluding diaryl/α,β-unsaturated/α-hetero) is 1. The summed E-state index contributed by atoms with van der Waals surface area (Å²) in [6.45, 7) is 4.49. The van der Waals surface area contributed by atoms with E-state index in [2.05, 4.69) is 16.0 Å². The molecule has 14 heteroatoms. The van der Waals surface area contributed by atoms with Crippen molar-refractivity contribution >= 4 is 35.3 Å². The quantitative estimate of drug-likeness (QED) is 0.362. The van der Waals surface area contributed by atoms with Crippen LogP contribution < -0.4 is 30.2 Å². The van der Waals surface area contributed by atoms with Crippen molar-refractivity contribution < 1.29 is 43.0 Å². The average Bonchev–Trinajstić information content (AvgIpc) is 3.17. The maximum atomic E-state index is 14.4. The topological polar surface area (TPSA) is 173 Å². The molecule has 1 fully saturated rings. The molecular formula is C41H49N5O9. The summed E-state index contributed by atoms with van der Waals surface area (Å²) in [5.41, 5.74) is 2.11. The lowest BCUT2D eigenvalue weighted by Crippen LogP contribution is -2.59. The number of fused-ring (bicyclic) bond motifs is 2. The first kappa shape index (κ1) is 40.3. The van der Waals surface area contributed by atoms with Crippen molar-refractivity contribution in [1.29, 1.82) is 0 Å². The molecule has 3 aliphatic rings. The molecule has 55 heavy (non-hydrogen) atoms. The highest BCUT2D eigenvalue weighted by Gasteiger charge is 2.37. The number of methoxy groups -OCH3 is 2. The van der Waals surface area contributed by atoms with E-state index in [0.717, 1.165) is 5.56 Å². The Kier molecular flexibility index (Phi) is 12.8. The van der Waals surface area contributed by atoms with E-state index in [4.69, 9.17) is 14.2 Å². The molecule has 3 aliphatic heterocycles. The van der Waals surface area contributed by atoms with Crippen LogP contribution in [0.2, 0.25) is 0 Å². The van der Waals surface area contributed by atoms with Crippen LogP contribution in [-0.2, 0) is 48.0 Å². The first-order valence-electron chi connectivity index (χ1n) is 18.2. The van der Waals surface area contributed by atoms with Crippen LogP contribution >= 0.6 is 0 Å². The highest BCUT2D eigenvalue weighted by atomic mass is 16.5. The molecule has 0 aromatic heterocycles. The molecule has 6 bridgehead atoms. The van der Waals surface area contributed by atoms with E-state index < -0.39 is 65.7 Å². The molecule has 1 unspecified atom stereocenters. The van der Waals surface area contributed by atoms with Gasteiger partial charge in [-0.05, 0) is 86.7 Å². The van der Waals surface area contributed by atoms with Crippen LogP contribution in [0, 0.1) is 5.92 Å². The van der Waals surface area contributed by atoms with Crippen LogP contribution in [0.1, 0.15) is 43.9 Å². The second-order valence-corrected chi connectivity index (χ2v) is 14.2. The molecule has 0 saturated carbocycles. The van der Waals surface area contributed by atoms with E-state index >= 15 is 0 Å². The number of ketones is 1. The Hall–Kier alpha value is -5.92. The number of hydrogen-bond acceptors (Lipinski definition) is 9. The van der Waals surface area contributed by atoms with E-state index in [1.54, 1.807) is 66.7 Å². The van der Waals surface area contributed by atoms with Crippen LogP contribution in [0.25, 0.3) is 0 Å². The average molecular weight is 756 g/mol. The molecule has 1 saturated heterocycles.